The molecule has 0 saturated carbocycles. The van der Waals surface area contributed by atoms with Gasteiger partial charge in [-0.2, -0.15) is 13.2 Å². The molecular weight excluding hydrogens is 384 g/mol. The summed E-state index contributed by atoms with van der Waals surface area (Å²) in [6.07, 6.45) is -4.36. The van der Waals surface area contributed by atoms with Crippen LogP contribution in [0.3, 0.4) is 0 Å². The first kappa shape index (κ1) is 15.1. The summed E-state index contributed by atoms with van der Waals surface area (Å²) in [6.45, 7) is 0.439. The average molecular weight is 396 g/mol. The third-order valence-corrected chi connectivity index (χ3v) is 3.43. The molecule has 20 heavy (non-hydrogen) atoms. The molecule has 0 aliphatic heterocycles. The van der Waals surface area contributed by atoms with Crippen LogP contribution in [0.4, 0.5) is 13.2 Å². The quantitative estimate of drug-likeness (QED) is 0.576. The predicted octanol–water partition coefficient (Wildman–Crippen LogP) is 4.06. The Bertz CT molecular complexity index is 596. The Morgan fingerprint density at radius 3 is 2.65 bits per heavy atom. The van der Waals surface area contributed by atoms with Gasteiger partial charge in [-0.1, -0.05) is 40.8 Å². The number of rotatable bonds is 4. The zero-order chi connectivity index (χ0) is 14.8. The number of aromatic nitrogens is 2. The Balaban J connectivity index is 2.27. The number of hydrogen-bond acceptors (Lipinski definition) is 2. The van der Waals surface area contributed by atoms with Crippen LogP contribution in [0.2, 0.25) is 0 Å². The van der Waals surface area contributed by atoms with Gasteiger partial charge >= 0.3 is 6.18 Å². The van der Waals surface area contributed by atoms with Crippen molar-refractivity contribution in [3.05, 3.63) is 41.6 Å². The fourth-order valence-corrected chi connectivity index (χ4v) is 2.39. The number of benzene rings is 1. The Kier molecular flexibility index (Phi) is 4.56. The van der Waals surface area contributed by atoms with Gasteiger partial charge in [0.2, 0.25) is 5.88 Å². The monoisotopic (exact) mass is 396 g/mol. The van der Waals surface area contributed by atoms with Crippen molar-refractivity contribution in [1.29, 1.82) is 0 Å². The van der Waals surface area contributed by atoms with E-state index in [4.69, 9.17) is 0 Å². The van der Waals surface area contributed by atoms with Crippen LogP contribution < -0.4 is 4.74 Å². The van der Waals surface area contributed by atoms with Gasteiger partial charge in [0.15, 0.2) is 6.61 Å². The second-order valence-electron chi connectivity index (χ2n) is 4.20. The summed E-state index contributed by atoms with van der Waals surface area (Å²) in [4.78, 5) is 0. The maximum absolute atomic E-state index is 12.1. The number of para-hydroxylation sites is 1. The van der Waals surface area contributed by atoms with E-state index in [9.17, 15) is 13.2 Å². The molecule has 0 saturated heterocycles. The zero-order valence-corrected chi connectivity index (χ0v) is 12.8. The SMILES string of the molecule is Cc1cc(OCC(F)(F)F)nn1-c1ccccc1CI. The molecule has 0 amide bonds. The third-order valence-electron chi connectivity index (χ3n) is 2.61. The Hall–Kier alpha value is -1.25. The van der Waals surface area contributed by atoms with Crippen molar-refractivity contribution in [2.45, 2.75) is 17.5 Å². The van der Waals surface area contributed by atoms with Crippen LogP contribution in [-0.2, 0) is 4.43 Å². The first-order valence-corrected chi connectivity index (χ1v) is 7.34. The molecule has 3 nitrogen and oxygen atoms in total. The van der Waals surface area contributed by atoms with E-state index in [-0.39, 0.29) is 5.88 Å². The van der Waals surface area contributed by atoms with E-state index >= 15 is 0 Å². The standard InChI is InChI=1S/C13H12F3IN2O/c1-9-6-12(20-8-13(14,15)16)18-19(9)11-5-3-2-4-10(11)7-17/h2-6H,7-8H2,1H3. The molecule has 7 heteroatoms. The van der Waals surface area contributed by atoms with Crippen LogP contribution in [0.25, 0.3) is 5.69 Å². The largest absolute Gasteiger partial charge is 0.467 e. The van der Waals surface area contributed by atoms with Crippen molar-refractivity contribution >= 4 is 22.6 Å². The van der Waals surface area contributed by atoms with E-state index in [1.807, 2.05) is 24.3 Å². The third kappa shape index (κ3) is 3.65. The number of aryl methyl sites for hydroxylation is 1. The van der Waals surface area contributed by atoms with E-state index in [0.29, 0.717) is 0 Å². The van der Waals surface area contributed by atoms with E-state index in [1.54, 1.807) is 11.6 Å². The van der Waals surface area contributed by atoms with Gasteiger partial charge < -0.3 is 4.74 Å². The van der Waals surface area contributed by atoms with Gasteiger partial charge in [-0.3, -0.25) is 0 Å². The van der Waals surface area contributed by atoms with E-state index in [1.165, 1.54) is 6.07 Å². The van der Waals surface area contributed by atoms with Gasteiger partial charge in [-0.05, 0) is 18.6 Å². The lowest BCUT2D eigenvalue weighted by molar-refractivity contribution is -0.154. The fraction of sp³-hybridized carbons (Fsp3) is 0.308. The van der Waals surface area contributed by atoms with Crippen LogP contribution in [0.15, 0.2) is 30.3 Å². The molecule has 0 radical (unpaired) electrons. The molecule has 0 aliphatic carbocycles. The van der Waals surface area contributed by atoms with Gasteiger partial charge in [0, 0.05) is 16.2 Å². The van der Waals surface area contributed by atoms with E-state index in [2.05, 4.69) is 32.4 Å². The van der Waals surface area contributed by atoms with Crippen molar-refractivity contribution in [3.63, 3.8) is 0 Å². The molecule has 0 atom stereocenters. The molecule has 0 aliphatic rings. The predicted molar refractivity (Wildman–Crippen MR) is 77.6 cm³/mol. The van der Waals surface area contributed by atoms with Gasteiger partial charge in [0.05, 0.1) is 5.69 Å². The summed E-state index contributed by atoms with van der Waals surface area (Å²) >= 11 is 2.23. The zero-order valence-electron chi connectivity index (χ0n) is 10.6. The van der Waals surface area contributed by atoms with Crippen LogP contribution in [0.1, 0.15) is 11.3 Å². The summed E-state index contributed by atoms with van der Waals surface area (Å²) in [5.41, 5.74) is 2.63. The summed E-state index contributed by atoms with van der Waals surface area (Å²) in [5.74, 6) is -0.0249. The minimum absolute atomic E-state index is 0.0249. The normalized spacial score (nSPS) is 11.7. The lowest BCUT2D eigenvalue weighted by Gasteiger charge is -2.09. The molecular formula is C13H12F3IN2O. The second-order valence-corrected chi connectivity index (χ2v) is 4.96. The van der Waals surface area contributed by atoms with Gasteiger partial charge in [-0.25, -0.2) is 4.68 Å². The Labute approximate surface area is 127 Å². The van der Waals surface area contributed by atoms with Crippen molar-refractivity contribution < 1.29 is 17.9 Å². The lowest BCUT2D eigenvalue weighted by Crippen LogP contribution is -2.19. The van der Waals surface area contributed by atoms with Crippen LogP contribution in [0.5, 0.6) is 5.88 Å². The molecule has 0 spiro atoms. The van der Waals surface area contributed by atoms with Crippen molar-refractivity contribution in [2.75, 3.05) is 6.61 Å². The number of hydrogen-bond donors (Lipinski definition) is 0. The second kappa shape index (κ2) is 6.02. The highest BCUT2D eigenvalue weighted by Crippen LogP contribution is 2.23. The molecule has 0 unspecified atom stereocenters. The molecule has 2 rings (SSSR count). The summed E-state index contributed by atoms with van der Waals surface area (Å²) in [5, 5.41) is 4.08. The Morgan fingerprint density at radius 1 is 1.30 bits per heavy atom. The minimum atomic E-state index is -4.36. The smallest absolute Gasteiger partial charge is 0.422 e. The van der Waals surface area contributed by atoms with Crippen molar-refractivity contribution in [2.24, 2.45) is 0 Å². The van der Waals surface area contributed by atoms with E-state index in [0.717, 1.165) is 21.4 Å². The highest BCUT2D eigenvalue weighted by atomic mass is 127. The van der Waals surface area contributed by atoms with Gasteiger partial charge in [0.1, 0.15) is 0 Å². The number of ether oxygens (including phenoxy) is 1. The summed E-state index contributed by atoms with van der Waals surface area (Å²) < 4.78 is 43.4. The Morgan fingerprint density at radius 2 is 2.00 bits per heavy atom. The van der Waals surface area contributed by atoms with Crippen molar-refractivity contribution in [3.8, 4) is 11.6 Å². The van der Waals surface area contributed by atoms with Gasteiger partial charge in [0.25, 0.3) is 0 Å². The fourth-order valence-electron chi connectivity index (χ4n) is 1.75. The van der Waals surface area contributed by atoms with Gasteiger partial charge in [-0.15, -0.1) is 5.10 Å². The van der Waals surface area contributed by atoms with Crippen LogP contribution in [0, 0.1) is 6.92 Å². The molecule has 0 bridgehead atoms. The first-order valence-electron chi connectivity index (χ1n) is 5.81. The number of alkyl halides is 4. The summed E-state index contributed by atoms with van der Waals surface area (Å²) in [6, 6.07) is 9.11. The first-order chi connectivity index (χ1) is 9.40. The molecule has 2 aromatic rings. The molecule has 1 aromatic carbocycles. The number of halogens is 4. The van der Waals surface area contributed by atoms with Crippen molar-refractivity contribution in [1.82, 2.24) is 9.78 Å². The molecule has 108 valence electrons. The molecule has 1 heterocycles. The van der Waals surface area contributed by atoms with E-state index < -0.39 is 12.8 Å². The maximum atomic E-state index is 12.1. The molecule has 1 aromatic heterocycles. The van der Waals surface area contributed by atoms with Crippen LogP contribution in [-0.4, -0.2) is 22.6 Å². The molecule has 0 N–H and O–H groups in total. The maximum Gasteiger partial charge on any atom is 0.422 e. The average Bonchev–Trinajstić information content (AvgIpc) is 2.77. The highest BCUT2D eigenvalue weighted by Gasteiger charge is 2.29. The summed E-state index contributed by atoms with van der Waals surface area (Å²) in [7, 11) is 0. The molecule has 0 fully saturated rings. The topological polar surface area (TPSA) is 27.1 Å². The highest BCUT2D eigenvalue weighted by molar-refractivity contribution is 14.1. The lowest BCUT2D eigenvalue weighted by atomic mass is 10.2. The minimum Gasteiger partial charge on any atom is -0.467 e. The number of nitrogens with zero attached hydrogens (tertiary/aromatic N) is 2. The van der Waals surface area contributed by atoms with Crippen LogP contribution >= 0.6 is 22.6 Å².